The summed E-state index contributed by atoms with van der Waals surface area (Å²) in [7, 11) is 2.00. The Kier molecular flexibility index (Phi) is 3.87. The molecule has 0 saturated carbocycles. The molecule has 0 bridgehead atoms. The first-order chi connectivity index (χ1) is 9.86. The number of nitrogens with zero attached hydrogens (tertiary/aromatic N) is 4. The zero-order valence-corrected chi connectivity index (χ0v) is 11.7. The average molecular weight is 269 g/mol. The molecule has 0 aromatic carbocycles. The van der Waals surface area contributed by atoms with Gasteiger partial charge in [-0.15, -0.1) is 0 Å². The van der Waals surface area contributed by atoms with Gasteiger partial charge in [-0.25, -0.2) is 9.97 Å². The molecule has 1 fully saturated rings. The van der Waals surface area contributed by atoms with Crippen molar-refractivity contribution in [3.63, 3.8) is 0 Å². The van der Waals surface area contributed by atoms with Gasteiger partial charge in [0.2, 0.25) is 5.95 Å². The van der Waals surface area contributed by atoms with Crippen LogP contribution in [0.5, 0.6) is 0 Å². The number of nitrogens with one attached hydrogen (secondary N) is 1. The van der Waals surface area contributed by atoms with Gasteiger partial charge in [0.1, 0.15) is 0 Å². The van der Waals surface area contributed by atoms with Crippen LogP contribution >= 0.6 is 0 Å². The molecule has 2 aromatic heterocycles. The van der Waals surface area contributed by atoms with Gasteiger partial charge in [0.25, 0.3) is 0 Å². The van der Waals surface area contributed by atoms with E-state index in [9.17, 15) is 0 Å². The normalized spacial score (nSPS) is 18.4. The van der Waals surface area contributed by atoms with Crippen molar-refractivity contribution in [3.05, 3.63) is 36.9 Å². The molecular weight excluding hydrogens is 250 g/mol. The molecule has 0 spiro atoms. The Hall–Kier alpha value is -2.01. The molecule has 1 saturated heterocycles. The van der Waals surface area contributed by atoms with Crippen LogP contribution < -0.4 is 10.2 Å². The summed E-state index contributed by atoms with van der Waals surface area (Å²) in [6.07, 6.45) is 8.56. The predicted molar refractivity (Wildman–Crippen MR) is 79.5 cm³/mol. The molecule has 1 aliphatic heterocycles. The number of hydrogen-bond donors (Lipinski definition) is 1. The summed E-state index contributed by atoms with van der Waals surface area (Å²) in [5.41, 5.74) is 2.13. The summed E-state index contributed by atoms with van der Waals surface area (Å²) in [5, 5.41) is 3.24. The van der Waals surface area contributed by atoms with Crippen LogP contribution in [0.15, 0.2) is 36.9 Å². The Balaban J connectivity index is 1.71. The van der Waals surface area contributed by atoms with E-state index in [1.54, 1.807) is 12.4 Å². The molecule has 5 nitrogen and oxygen atoms in total. The summed E-state index contributed by atoms with van der Waals surface area (Å²) in [5.74, 6) is 1.53. The van der Waals surface area contributed by atoms with Crippen molar-refractivity contribution in [1.29, 1.82) is 0 Å². The van der Waals surface area contributed by atoms with Crippen LogP contribution in [0.3, 0.4) is 0 Å². The lowest BCUT2D eigenvalue weighted by Crippen LogP contribution is -2.25. The Morgan fingerprint density at radius 1 is 1.20 bits per heavy atom. The van der Waals surface area contributed by atoms with Gasteiger partial charge in [-0.05, 0) is 43.6 Å². The van der Waals surface area contributed by atoms with Gasteiger partial charge < -0.3 is 10.2 Å². The van der Waals surface area contributed by atoms with Gasteiger partial charge in [-0.1, -0.05) is 0 Å². The lowest BCUT2D eigenvalue weighted by molar-refractivity contribution is 0.548. The molecule has 1 N–H and O–H groups in total. The molecular formula is C15H19N5. The number of aromatic nitrogens is 3. The van der Waals surface area contributed by atoms with Crippen molar-refractivity contribution in [2.75, 3.05) is 31.6 Å². The molecule has 3 rings (SSSR count). The Labute approximate surface area is 119 Å². The zero-order valence-electron chi connectivity index (χ0n) is 11.7. The van der Waals surface area contributed by atoms with E-state index in [1.165, 1.54) is 6.42 Å². The maximum absolute atomic E-state index is 4.51. The minimum absolute atomic E-state index is 0.698. The van der Waals surface area contributed by atoms with Gasteiger partial charge in [0, 0.05) is 43.4 Å². The summed E-state index contributed by atoms with van der Waals surface area (Å²) < 4.78 is 0. The smallest absolute Gasteiger partial charge is 0.225 e. The average Bonchev–Trinajstić information content (AvgIpc) is 2.97. The molecule has 5 heteroatoms. The monoisotopic (exact) mass is 269 g/mol. The second-order valence-electron chi connectivity index (χ2n) is 5.17. The van der Waals surface area contributed by atoms with Crippen LogP contribution in [0.4, 0.5) is 5.95 Å². The van der Waals surface area contributed by atoms with E-state index >= 15 is 0 Å². The SMILES string of the molecule is CNCC1CCN(c2ncc(-c3ccncc3)cn2)C1. The van der Waals surface area contributed by atoms with Crippen molar-refractivity contribution in [2.24, 2.45) is 5.92 Å². The first kappa shape index (κ1) is 13.0. The molecule has 0 amide bonds. The fourth-order valence-corrected chi connectivity index (χ4v) is 2.65. The largest absolute Gasteiger partial charge is 0.340 e. The Morgan fingerprint density at radius 3 is 2.65 bits per heavy atom. The fourth-order valence-electron chi connectivity index (χ4n) is 2.65. The summed E-state index contributed by atoms with van der Waals surface area (Å²) in [6, 6.07) is 3.94. The lowest BCUT2D eigenvalue weighted by Gasteiger charge is -2.16. The third kappa shape index (κ3) is 2.77. The van der Waals surface area contributed by atoms with Crippen LogP contribution in [0.2, 0.25) is 0 Å². The van der Waals surface area contributed by atoms with Crippen molar-refractivity contribution in [2.45, 2.75) is 6.42 Å². The molecule has 104 valence electrons. The molecule has 20 heavy (non-hydrogen) atoms. The summed E-state index contributed by atoms with van der Waals surface area (Å²) >= 11 is 0. The Morgan fingerprint density at radius 2 is 1.95 bits per heavy atom. The third-order valence-corrected chi connectivity index (χ3v) is 3.71. The quantitative estimate of drug-likeness (QED) is 0.913. The van der Waals surface area contributed by atoms with E-state index in [2.05, 4.69) is 25.2 Å². The van der Waals surface area contributed by atoms with Crippen LogP contribution in [0.1, 0.15) is 6.42 Å². The van der Waals surface area contributed by atoms with Crippen molar-refractivity contribution < 1.29 is 0 Å². The van der Waals surface area contributed by atoms with Crippen LogP contribution in [0.25, 0.3) is 11.1 Å². The molecule has 2 aromatic rings. The van der Waals surface area contributed by atoms with E-state index in [0.29, 0.717) is 5.92 Å². The van der Waals surface area contributed by atoms with Gasteiger partial charge in [0.05, 0.1) is 0 Å². The number of hydrogen-bond acceptors (Lipinski definition) is 5. The maximum atomic E-state index is 4.51. The lowest BCUT2D eigenvalue weighted by atomic mass is 10.1. The highest BCUT2D eigenvalue weighted by molar-refractivity contribution is 5.61. The van der Waals surface area contributed by atoms with E-state index in [4.69, 9.17) is 0 Å². The number of rotatable bonds is 4. The first-order valence-corrected chi connectivity index (χ1v) is 6.99. The molecule has 1 unspecified atom stereocenters. The van der Waals surface area contributed by atoms with Crippen LogP contribution in [-0.2, 0) is 0 Å². The van der Waals surface area contributed by atoms with Crippen molar-refractivity contribution >= 4 is 5.95 Å². The second-order valence-corrected chi connectivity index (χ2v) is 5.17. The molecule has 1 aliphatic rings. The molecule has 1 atom stereocenters. The number of pyridine rings is 1. The fraction of sp³-hybridized carbons (Fsp3) is 0.400. The van der Waals surface area contributed by atoms with Gasteiger partial charge >= 0.3 is 0 Å². The minimum Gasteiger partial charge on any atom is -0.340 e. The summed E-state index contributed by atoms with van der Waals surface area (Å²) in [4.78, 5) is 15.3. The highest BCUT2D eigenvalue weighted by Gasteiger charge is 2.23. The van der Waals surface area contributed by atoms with Crippen molar-refractivity contribution in [3.8, 4) is 11.1 Å². The van der Waals surface area contributed by atoms with E-state index in [-0.39, 0.29) is 0 Å². The van der Waals surface area contributed by atoms with Gasteiger partial charge in [-0.2, -0.15) is 0 Å². The minimum atomic E-state index is 0.698. The second kappa shape index (κ2) is 5.96. The Bertz CT molecular complexity index is 540. The topological polar surface area (TPSA) is 53.9 Å². The first-order valence-electron chi connectivity index (χ1n) is 6.99. The summed E-state index contributed by atoms with van der Waals surface area (Å²) in [6.45, 7) is 3.14. The van der Waals surface area contributed by atoms with Gasteiger partial charge in [-0.3, -0.25) is 4.98 Å². The highest BCUT2D eigenvalue weighted by Crippen LogP contribution is 2.22. The predicted octanol–water partition coefficient (Wildman–Crippen LogP) is 1.58. The third-order valence-electron chi connectivity index (χ3n) is 3.71. The molecule has 0 aliphatic carbocycles. The van der Waals surface area contributed by atoms with E-state index < -0.39 is 0 Å². The number of anilines is 1. The van der Waals surface area contributed by atoms with Crippen molar-refractivity contribution in [1.82, 2.24) is 20.3 Å². The molecule has 0 radical (unpaired) electrons. The highest BCUT2D eigenvalue weighted by atomic mass is 15.3. The zero-order chi connectivity index (χ0) is 13.8. The standard InChI is InChI=1S/C15H19N5/c1-16-8-12-4-7-20(11-12)15-18-9-14(10-19-15)13-2-5-17-6-3-13/h2-3,5-6,9-10,12,16H,4,7-8,11H2,1H3. The van der Waals surface area contributed by atoms with Gasteiger partial charge in [0.15, 0.2) is 0 Å². The van der Waals surface area contributed by atoms with Crippen LogP contribution in [-0.4, -0.2) is 41.6 Å². The van der Waals surface area contributed by atoms with E-state index in [0.717, 1.165) is 36.7 Å². The van der Waals surface area contributed by atoms with Crippen LogP contribution in [0, 0.1) is 5.92 Å². The van der Waals surface area contributed by atoms with E-state index in [1.807, 2.05) is 31.6 Å². The maximum Gasteiger partial charge on any atom is 0.225 e. The molecule has 3 heterocycles.